The summed E-state index contributed by atoms with van der Waals surface area (Å²) in [7, 11) is -2.67. The van der Waals surface area contributed by atoms with Gasteiger partial charge < -0.3 is 4.57 Å². The standard InChI is InChI=1S/C19H17Cl2OP/c20-17-11-12-18(19(17)21)23(22,13-15-7-3-1-4-8-15)14-16-9-5-2-6-10-16/h1-12,18H,13-14H2. The normalized spacial score (nSPS) is 17.7. The summed E-state index contributed by atoms with van der Waals surface area (Å²) in [5.74, 6) is 0. The maximum Gasteiger partial charge on any atom is 0.108 e. The van der Waals surface area contributed by atoms with Crippen LogP contribution in [0.1, 0.15) is 11.1 Å². The van der Waals surface area contributed by atoms with Crippen molar-refractivity contribution in [2.24, 2.45) is 0 Å². The fraction of sp³-hybridized carbons (Fsp3) is 0.158. The third kappa shape index (κ3) is 3.80. The lowest BCUT2D eigenvalue weighted by Crippen LogP contribution is -2.09. The summed E-state index contributed by atoms with van der Waals surface area (Å²) in [6, 6.07) is 19.8. The topological polar surface area (TPSA) is 17.1 Å². The monoisotopic (exact) mass is 362 g/mol. The lowest BCUT2D eigenvalue weighted by molar-refractivity contribution is 0.571. The first kappa shape index (κ1) is 16.6. The molecule has 0 heterocycles. The van der Waals surface area contributed by atoms with E-state index in [1.54, 1.807) is 6.08 Å². The van der Waals surface area contributed by atoms with Crippen LogP contribution in [-0.4, -0.2) is 5.66 Å². The lowest BCUT2D eigenvalue weighted by atomic mass is 10.2. The Kier molecular flexibility index (Phi) is 5.11. The van der Waals surface area contributed by atoms with Crippen molar-refractivity contribution in [1.82, 2.24) is 0 Å². The number of hydrogen-bond acceptors (Lipinski definition) is 1. The second-order valence-electron chi connectivity index (χ2n) is 5.74. The van der Waals surface area contributed by atoms with Crippen molar-refractivity contribution in [3.8, 4) is 0 Å². The number of allylic oxidation sites excluding steroid dienone is 4. The molecule has 23 heavy (non-hydrogen) atoms. The molecule has 1 aliphatic carbocycles. The largest absolute Gasteiger partial charge is 0.322 e. The number of benzene rings is 2. The van der Waals surface area contributed by atoms with Crippen LogP contribution in [0.4, 0.5) is 0 Å². The summed E-state index contributed by atoms with van der Waals surface area (Å²) in [6.45, 7) is 0. The van der Waals surface area contributed by atoms with Crippen LogP contribution in [0.5, 0.6) is 0 Å². The first-order valence-electron chi connectivity index (χ1n) is 7.47. The summed E-state index contributed by atoms with van der Waals surface area (Å²) in [5, 5.41) is 1.000. The molecule has 0 radical (unpaired) electrons. The van der Waals surface area contributed by atoms with Gasteiger partial charge in [0.2, 0.25) is 0 Å². The maximum atomic E-state index is 13.9. The van der Waals surface area contributed by atoms with Crippen LogP contribution in [-0.2, 0) is 16.9 Å². The fourth-order valence-corrected chi connectivity index (χ4v) is 6.93. The van der Waals surface area contributed by atoms with Gasteiger partial charge in [-0.3, -0.25) is 0 Å². The minimum Gasteiger partial charge on any atom is -0.322 e. The molecule has 0 aliphatic heterocycles. The lowest BCUT2D eigenvalue weighted by Gasteiger charge is -2.24. The molecule has 1 nitrogen and oxygen atoms in total. The molecular weight excluding hydrogens is 346 g/mol. The first-order valence-corrected chi connectivity index (χ1v) is 10.4. The van der Waals surface area contributed by atoms with Gasteiger partial charge in [0.1, 0.15) is 7.14 Å². The zero-order valence-electron chi connectivity index (χ0n) is 12.5. The Hall–Kier alpha value is -1.27. The molecule has 3 rings (SSSR count). The highest BCUT2D eigenvalue weighted by atomic mass is 35.5. The zero-order valence-corrected chi connectivity index (χ0v) is 14.9. The van der Waals surface area contributed by atoms with E-state index in [1.165, 1.54) is 0 Å². The summed E-state index contributed by atoms with van der Waals surface area (Å²) in [6.07, 6.45) is 4.67. The van der Waals surface area contributed by atoms with Crippen LogP contribution in [0.2, 0.25) is 0 Å². The first-order chi connectivity index (χ1) is 11.1. The van der Waals surface area contributed by atoms with Gasteiger partial charge in [-0.2, -0.15) is 0 Å². The van der Waals surface area contributed by atoms with Crippen LogP contribution in [0.15, 0.2) is 82.9 Å². The van der Waals surface area contributed by atoms with Gasteiger partial charge in [0.15, 0.2) is 0 Å². The summed E-state index contributed by atoms with van der Waals surface area (Å²) >= 11 is 12.5. The average Bonchev–Trinajstić information content (AvgIpc) is 2.89. The number of rotatable bonds is 5. The molecule has 0 saturated carbocycles. The minimum absolute atomic E-state index is 0.294. The minimum atomic E-state index is -2.67. The summed E-state index contributed by atoms with van der Waals surface area (Å²) in [5.41, 5.74) is 1.83. The molecule has 0 saturated heterocycles. The number of halogens is 2. The second-order valence-corrected chi connectivity index (χ2v) is 9.65. The fourth-order valence-electron chi connectivity index (χ4n) is 2.88. The van der Waals surface area contributed by atoms with Crippen molar-refractivity contribution < 1.29 is 4.57 Å². The van der Waals surface area contributed by atoms with E-state index in [9.17, 15) is 4.57 Å². The van der Waals surface area contributed by atoms with E-state index in [1.807, 2.05) is 66.7 Å². The summed E-state index contributed by atoms with van der Waals surface area (Å²) < 4.78 is 13.9. The molecule has 118 valence electrons. The van der Waals surface area contributed by atoms with Crippen molar-refractivity contribution in [2.75, 3.05) is 0 Å². The molecule has 4 heteroatoms. The van der Waals surface area contributed by atoms with Gasteiger partial charge in [-0.1, -0.05) is 89.9 Å². The molecule has 0 bridgehead atoms. The molecule has 2 aromatic carbocycles. The molecule has 0 spiro atoms. The summed E-state index contributed by atoms with van der Waals surface area (Å²) in [4.78, 5) is 0. The van der Waals surface area contributed by atoms with Crippen LogP contribution >= 0.6 is 30.3 Å². The molecule has 0 amide bonds. The Morgan fingerprint density at radius 1 is 0.826 bits per heavy atom. The van der Waals surface area contributed by atoms with Gasteiger partial charge in [0.25, 0.3) is 0 Å². The second kappa shape index (κ2) is 7.09. The SMILES string of the molecule is O=P(Cc1ccccc1)(Cc1ccccc1)C1C=CC(Cl)=C1Cl. The highest BCUT2D eigenvalue weighted by molar-refractivity contribution is 7.63. The molecule has 0 fully saturated rings. The van der Waals surface area contributed by atoms with Gasteiger partial charge in [-0.05, 0) is 17.2 Å². The van der Waals surface area contributed by atoms with Gasteiger partial charge in [-0.25, -0.2) is 0 Å². The van der Waals surface area contributed by atoms with Crippen molar-refractivity contribution in [1.29, 1.82) is 0 Å². The molecule has 0 N–H and O–H groups in total. The smallest absolute Gasteiger partial charge is 0.108 e. The Balaban J connectivity index is 1.96. The number of hydrogen-bond donors (Lipinski definition) is 0. The van der Waals surface area contributed by atoms with E-state index >= 15 is 0 Å². The molecule has 1 unspecified atom stereocenters. The third-order valence-corrected chi connectivity index (χ3v) is 8.27. The Morgan fingerprint density at radius 3 is 1.70 bits per heavy atom. The van der Waals surface area contributed by atoms with Crippen LogP contribution in [0, 0.1) is 0 Å². The van der Waals surface area contributed by atoms with E-state index in [2.05, 4.69) is 0 Å². The van der Waals surface area contributed by atoms with Gasteiger partial charge in [0, 0.05) is 12.3 Å². The predicted molar refractivity (Wildman–Crippen MR) is 99.6 cm³/mol. The van der Waals surface area contributed by atoms with Gasteiger partial charge in [-0.15, -0.1) is 0 Å². The van der Waals surface area contributed by atoms with Crippen molar-refractivity contribution in [2.45, 2.75) is 18.0 Å². The van der Waals surface area contributed by atoms with E-state index < -0.39 is 7.14 Å². The third-order valence-electron chi connectivity index (χ3n) is 4.01. The Bertz CT molecular complexity index is 736. The average molecular weight is 363 g/mol. The molecule has 0 aromatic heterocycles. The van der Waals surface area contributed by atoms with Gasteiger partial charge in [0.05, 0.1) is 15.7 Å². The zero-order chi connectivity index (χ0) is 16.3. The molecule has 1 atom stereocenters. The quantitative estimate of drug-likeness (QED) is 0.564. The van der Waals surface area contributed by atoms with E-state index in [-0.39, 0.29) is 5.66 Å². The molecular formula is C19H17Cl2OP. The van der Waals surface area contributed by atoms with Crippen molar-refractivity contribution >= 4 is 30.3 Å². The Morgan fingerprint density at radius 2 is 1.30 bits per heavy atom. The van der Waals surface area contributed by atoms with E-state index in [0.29, 0.717) is 22.4 Å². The van der Waals surface area contributed by atoms with Crippen LogP contribution < -0.4 is 0 Å². The van der Waals surface area contributed by atoms with Crippen molar-refractivity contribution in [3.63, 3.8) is 0 Å². The molecule has 2 aromatic rings. The Labute approximate surface area is 147 Å². The van der Waals surface area contributed by atoms with Gasteiger partial charge >= 0.3 is 0 Å². The van der Waals surface area contributed by atoms with Crippen molar-refractivity contribution in [3.05, 3.63) is 94.0 Å². The van der Waals surface area contributed by atoms with Crippen LogP contribution in [0.3, 0.4) is 0 Å². The van der Waals surface area contributed by atoms with E-state index in [0.717, 1.165) is 11.1 Å². The highest BCUT2D eigenvalue weighted by Crippen LogP contribution is 2.61. The van der Waals surface area contributed by atoms with E-state index in [4.69, 9.17) is 23.2 Å². The predicted octanol–water partition coefficient (Wildman–Crippen LogP) is 6.38. The maximum absolute atomic E-state index is 13.9. The van der Waals surface area contributed by atoms with Crippen LogP contribution in [0.25, 0.3) is 0 Å². The molecule has 1 aliphatic rings. The highest BCUT2D eigenvalue weighted by Gasteiger charge is 2.36.